The van der Waals surface area contributed by atoms with Crippen LogP contribution >= 0.6 is 0 Å². The van der Waals surface area contributed by atoms with Gasteiger partial charge in [0, 0.05) is 12.1 Å². The van der Waals surface area contributed by atoms with E-state index in [1.807, 2.05) is 0 Å². The Morgan fingerprint density at radius 3 is 2.77 bits per heavy atom. The van der Waals surface area contributed by atoms with Crippen molar-refractivity contribution in [2.75, 3.05) is 6.54 Å². The van der Waals surface area contributed by atoms with Crippen molar-refractivity contribution < 1.29 is 0 Å². The third-order valence-corrected chi connectivity index (χ3v) is 3.68. The van der Waals surface area contributed by atoms with Gasteiger partial charge in [-0.3, -0.25) is 4.90 Å². The number of nitrogens with zero attached hydrogens (tertiary/aromatic N) is 1. The van der Waals surface area contributed by atoms with Crippen molar-refractivity contribution in [2.24, 2.45) is 5.92 Å². The highest BCUT2D eigenvalue weighted by Crippen LogP contribution is 2.36. The summed E-state index contributed by atoms with van der Waals surface area (Å²) in [6, 6.07) is 1.65. The van der Waals surface area contributed by atoms with Crippen molar-refractivity contribution in [3.8, 4) is 0 Å². The molecule has 2 bridgehead atoms. The molecule has 2 atom stereocenters. The molecule has 13 heavy (non-hydrogen) atoms. The minimum Gasteiger partial charge on any atom is -0.294 e. The fourth-order valence-corrected chi connectivity index (χ4v) is 2.87. The van der Waals surface area contributed by atoms with Gasteiger partial charge < -0.3 is 0 Å². The van der Waals surface area contributed by atoms with Crippen LogP contribution in [-0.4, -0.2) is 23.5 Å². The van der Waals surface area contributed by atoms with Crippen molar-refractivity contribution in [1.82, 2.24) is 4.90 Å². The van der Waals surface area contributed by atoms with Gasteiger partial charge in [-0.1, -0.05) is 32.4 Å². The molecule has 0 aromatic carbocycles. The van der Waals surface area contributed by atoms with Gasteiger partial charge in [-0.15, -0.1) is 0 Å². The Balaban J connectivity index is 2.15. The van der Waals surface area contributed by atoms with E-state index in [9.17, 15) is 0 Å². The highest BCUT2D eigenvalue weighted by molar-refractivity contribution is 5.19. The quantitative estimate of drug-likeness (QED) is 0.589. The molecule has 0 aromatic rings. The molecule has 2 unspecified atom stereocenters. The lowest BCUT2D eigenvalue weighted by Gasteiger charge is -2.34. The lowest BCUT2D eigenvalue weighted by Crippen LogP contribution is -2.38. The molecule has 1 saturated heterocycles. The molecule has 1 heteroatoms. The summed E-state index contributed by atoms with van der Waals surface area (Å²) >= 11 is 0. The van der Waals surface area contributed by atoms with Gasteiger partial charge in [0.2, 0.25) is 0 Å². The van der Waals surface area contributed by atoms with E-state index in [-0.39, 0.29) is 0 Å². The Bertz CT molecular complexity index is 217. The first-order valence-corrected chi connectivity index (χ1v) is 5.68. The van der Waals surface area contributed by atoms with Crippen LogP contribution in [0.5, 0.6) is 0 Å². The van der Waals surface area contributed by atoms with Crippen LogP contribution in [0.15, 0.2) is 11.6 Å². The summed E-state index contributed by atoms with van der Waals surface area (Å²) < 4.78 is 0. The minimum atomic E-state index is 0.766. The number of rotatable bonds is 2. The minimum absolute atomic E-state index is 0.766. The van der Waals surface area contributed by atoms with E-state index in [4.69, 9.17) is 0 Å². The number of hydrogen-bond donors (Lipinski definition) is 0. The summed E-state index contributed by atoms with van der Waals surface area (Å²) in [4.78, 5) is 2.67. The van der Waals surface area contributed by atoms with Crippen LogP contribution in [0, 0.1) is 5.92 Å². The van der Waals surface area contributed by atoms with Gasteiger partial charge in [0.1, 0.15) is 0 Å². The van der Waals surface area contributed by atoms with Gasteiger partial charge in [-0.2, -0.15) is 0 Å². The monoisotopic (exact) mass is 179 g/mol. The molecule has 2 heterocycles. The molecule has 0 aliphatic carbocycles. The highest BCUT2D eigenvalue weighted by Gasteiger charge is 2.35. The van der Waals surface area contributed by atoms with Crippen molar-refractivity contribution in [2.45, 2.75) is 52.1 Å². The summed E-state index contributed by atoms with van der Waals surface area (Å²) in [5.74, 6) is 0.766. The fourth-order valence-electron chi connectivity index (χ4n) is 2.87. The van der Waals surface area contributed by atoms with Gasteiger partial charge in [0.25, 0.3) is 0 Å². The van der Waals surface area contributed by atoms with Crippen LogP contribution in [0.25, 0.3) is 0 Å². The Labute approximate surface area is 81.8 Å². The highest BCUT2D eigenvalue weighted by atomic mass is 15.2. The van der Waals surface area contributed by atoms with E-state index >= 15 is 0 Å². The van der Waals surface area contributed by atoms with Gasteiger partial charge in [-0.05, 0) is 31.7 Å². The molecular formula is C12H21N. The Morgan fingerprint density at radius 2 is 2.23 bits per heavy atom. The first kappa shape index (κ1) is 9.26. The number of likely N-dealkylation sites (N-methyl/N-ethyl adjacent to an activating group) is 1. The van der Waals surface area contributed by atoms with Crippen molar-refractivity contribution in [3.05, 3.63) is 11.6 Å². The van der Waals surface area contributed by atoms with E-state index in [1.165, 1.54) is 25.8 Å². The second-order valence-electron chi connectivity index (χ2n) is 4.73. The Morgan fingerprint density at radius 1 is 1.46 bits per heavy atom. The lowest BCUT2D eigenvalue weighted by atomic mass is 9.92. The number of hydrogen-bond acceptors (Lipinski definition) is 1. The van der Waals surface area contributed by atoms with Gasteiger partial charge in [0.05, 0.1) is 0 Å². The third-order valence-electron chi connectivity index (χ3n) is 3.68. The standard InChI is InChI=1S/C12H21N/c1-4-13-11-5-6-12(13)8-10(7-11)9(2)3/h7,9,11-12H,4-6,8H2,1-3H3. The topological polar surface area (TPSA) is 3.24 Å². The molecule has 2 rings (SSSR count). The SMILES string of the molecule is CCN1C2C=C(C(C)C)CC1CC2. The van der Waals surface area contributed by atoms with Crippen LogP contribution in [-0.2, 0) is 0 Å². The fraction of sp³-hybridized carbons (Fsp3) is 0.833. The maximum absolute atomic E-state index is 2.67. The zero-order chi connectivity index (χ0) is 9.42. The van der Waals surface area contributed by atoms with Crippen molar-refractivity contribution >= 4 is 0 Å². The van der Waals surface area contributed by atoms with Gasteiger partial charge >= 0.3 is 0 Å². The summed E-state index contributed by atoms with van der Waals surface area (Å²) in [6.45, 7) is 8.18. The Kier molecular flexibility index (Phi) is 2.46. The predicted octanol–water partition coefficient (Wildman–Crippen LogP) is 2.83. The molecular weight excluding hydrogens is 158 g/mol. The van der Waals surface area contributed by atoms with Gasteiger partial charge in [-0.25, -0.2) is 0 Å². The van der Waals surface area contributed by atoms with Crippen molar-refractivity contribution in [1.29, 1.82) is 0 Å². The van der Waals surface area contributed by atoms with Crippen LogP contribution < -0.4 is 0 Å². The average molecular weight is 179 g/mol. The van der Waals surface area contributed by atoms with E-state index in [0.29, 0.717) is 0 Å². The molecule has 0 saturated carbocycles. The summed E-state index contributed by atoms with van der Waals surface area (Å²) in [6.07, 6.45) is 6.69. The molecule has 0 radical (unpaired) electrons. The third kappa shape index (κ3) is 1.54. The molecule has 74 valence electrons. The molecule has 0 aromatic heterocycles. The normalized spacial score (nSPS) is 34.0. The van der Waals surface area contributed by atoms with E-state index in [1.54, 1.807) is 5.57 Å². The van der Waals surface area contributed by atoms with E-state index < -0.39 is 0 Å². The Hall–Kier alpha value is -0.300. The molecule has 2 aliphatic rings. The maximum atomic E-state index is 2.67. The van der Waals surface area contributed by atoms with Crippen molar-refractivity contribution in [3.63, 3.8) is 0 Å². The molecule has 0 N–H and O–H groups in total. The first-order valence-electron chi connectivity index (χ1n) is 5.68. The van der Waals surface area contributed by atoms with Crippen LogP contribution in [0.2, 0.25) is 0 Å². The van der Waals surface area contributed by atoms with Gasteiger partial charge in [0.15, 0.2) is 0 Å². The molecule has 1 nitrogen and oxygen atoms in total. The smallest absolute Gasteiger partial charge is 0.0284 e. The lowest BCUT2D eigenvalue weighted by molar-refractivity contribution is 0.211. The van der Waals surface area contributed by atoms with E-state index in [0.717, 1.165) is 18.0 Å². The second kappa shape index (κ2) is 3.45. The van der Waals surface area contributed by atoms with Crippen LogP contribution in [0.3, 0.4) is 0 Å². The van der Waals surface area contributed by atoms with Crippen LogP contribution in [0.1, 0.15) is 40.0 Å². The summed E-state index contributed by atoms with van der Waals surface area (Å²) in [5, 5.41) is 0. The predicted molar refractivity (Wildman–Crippen MR) is 56.7 cm³/mol. The zero-order valence-corrected chi connectivity index (χ0v) is 9.09. The first-order chi connectivity index (χ1) is 6.22. The molecule has 0 spiro atoms. The molecule has 1 fully saturated rings. The summed E-state index contributed by atoms with van der Waals surface area (Å²) in [5.41, 5.74) is 1.71. The molecule has 2 aliphatic heterocycles. The van der Waals surface area contributed by atoms with E-state index in [2.05, 4.69) is 31.7 Å². The average Bonchev–Trinajstić information content (AvgIpc) is 2.34. The molecule has 0 amide bonds. The largest absolute Gasteiger partial charge is 0.294 e. The summed E-state index contributed by atoms with van der Waals surface area (Å²) in [7, 11) is 0. The number of fused-ring (bicyclic) bond motifs is 2. The maximum Gasteiger partial charge on any atom is 0.0284 e. The second-order valence-corrected chi connectivity index (χ2v) is 4.73. The van der Waals surface area contributed by atoms with Crippen LogP contribution in [0.4, 0.5) is 0 Å². The zero-order valence-electron chi connectivity index (χ0n) is 9.09.